The van der Waals surface area contributed by atoms with Crippen LogP contribution in [0.4, 0.5) is 5.13 Å². The van der Waals surface area contributed by atoms with Crippen LogP contribution in [0.1, 0.15) is 29.4 Å². The van der Waals surface area contributed by atoms with Crippen molar-refractivity contribution in [3.8, 4) is 5.75 Å². The second-order valence-corrected chi connectivity index (χ2v) is 5.04. The predicted octanol–water partition coefficient (Wildman–Crippen LogP) is 2.94. The molecule has 19 heavy (non-hydrogen) atoms. The lowest BCUT2D eigenvalue weighted by Gasteiger charge is -2.05. The number of ketones is 1. The van der Waals surface area contributed by atoms with Crippen LogP contribution in [0, 0.1) is 0 Å². The Morgan fingerprint density at radius 2 is 2.11 bits per heavy atom. The van der Waals surface area contributed by atoms with Gasteiger partial charge in [-0.25, -0.2) is 4.98 Å². The molecule has 0 aliphatic carbocycles. The third kappa shape index (κ3) is 3.79. The quantitative estimate of drug-likeness (QED) is 0.824. The molecule has 2 aromatic rings. The average molecular weight is 276 g/mol. The van der Waals surface area contributed by atoms with E-state index in [-0.39, 0.29) is 12.2 Å². The fourth-order valence-corrected chi connectivity index (χ4v) is 2.19. The Morgan fingerprint density at radius 3 is 2.68 bits per heavy atom. The molecule has 0 spiro atoms. The van der Waals surface area contributed by atoms with Crippen molar-refractivity contribution >= 4 is 22.3 Å². The highest BCUT2D eigenvalue weighted by atomic mass is 32.1. The molecule has 1 aromatic heterocycles. The fraction of sp³-hybridized carbons (Fsp3) is 0.286. The lowest BCUT2D eigenvalue weighted by Crippen LogP contribution is -2.04. The molecule has 0 bridgehead atoms. The van der Waals surface area contributed by atoms with Gasteiger partial charge in [-0.3, -0.25) is 4.79 Å². The predicted molar refractivity (Wildman–Crippen MR) is 76.8 cm³/mol. The molecule has 2 rings (SSSR count). The first-order valence-corrected chi connectivity index (χ1v) is 7.03. The number of hydrogen-bond acceptors (Lipinski definition) is 5. The van der Waals surface area contributed by atoms with Crippen molar-refractivity contribution in [2.24, 2.45) is 0 Å². The van der Waals surface area contributed by atoms with Crippen LogP contribution in [0.5, 0.6) is 5.75 Å². The van der Waals surface area contributed by atoms with Crippen LogP contribution in [-0.4, -0.2) is 17.4 Å². The van der Waals surface area contributed by atoms with Gasteiger partial charge in [-0.15, -0.1) is 11.3 Å². The Labute approximate surface area is 116 Å². The van der Waals surface area contributed by atoms with Crippen LogP contribution in [0.3, 0.4) is 0 Å². The van der Waals surface area contributed by atoms with E-state index >= 15 is 0 Å². The Bertz CT molecular complexity index is 549. The number of anilines is 1. The average Bonchev–Trinajstić information content (AvgIpc) is 2.82. The zero-order valence-corrected chi connectivity index (χ0v) is 11.6. The number of benzene rings is 1. The van der Waals surface area contributed by atoms with Gasteiger partial charge in [0, 0.05) is 10.9 Å². The molecular formula is C14H16N2O2S. The third-order valence-electron chi connectivity index (χ3n) is 2.56. The summed E-state index contributed by atoms with van der Waals surface area (Å²) in [5.74, 6) is 0.823. The molecule has 0 amide bonds. The van der Waals surface area contributed by atoms with Gasteiger partial charge in [0.15, 0.2) is 10.9 Å². The second kappa shape index (κ2) is 6.33. The maximum absolute atomic E-state index is 12.0. The van der Waals surface area contributed by atoms with Crippen molar-refractivity contribution in [2.45, 2.75) is 19.8 Å². The van der Waals surface area contributed by atoms with Gasteiger partial charge in [0.05, 0.1) is 18.7 Å². The van der Waals surface area contributed by atoms with Crippen molar-refractivity contribution in [1.82, 2.24) is 4.98 Å². The van der Waals surface area contributed by atoms with Gasteiger partial charge in [-0.2, -0.15) is 0 Å². The topological polar surface area (TPSA) is 65.2 Å². The number of nitrogen functional groups attached to an aromatic ring is 1. The first-order valence-electron chi connectivity index (χ1n) is 6.15. The highest BCUT2D eigenvalue weighted by molar-refractivity contribution is 7.13. The van der Waals surface area contributed by atoms with E-state index in [4.69, 9.17) is 10.5 Å². The van der Waals surface area contributed by atoms with Gasteiger partial charge in [-0.05, 0) is 30.7 Å². The van der Waals surface area contributed by atoms with Crippen LogP contribution < -0.4 is 10.5 Å². The van der Waals surface area contributed by atoms with Gasteiger partial charge < -0.3 is 10.5 Å². The Balaban J connectivity index is 1.99. The summed E-state index contributed by atoms with van der Waals surface area (Å²) in [7, 11) is 0. The van der Waals surface area contributed by atoms with Gasteiger partial charge in [0.1, 0.15) is 5.75 Å². The zero-order chi connectivity index (χ0) is 13.7. The Morgan fingerprint density at radius 1 is 1.37 bits per heavy atom. The van der Waals surface area contributed by atoms with Gasteiger partial charge in [-0.1, -0.05) is 6.92 Å². The normalized spacial score (nSPS) is 10.4. The zero-order valence-electron chi connectivity index (χ0n) is 10.8. The molecule has 0 aliphatic rings. The van der Waals surface area contributed by atoms with Crippen LogP contribution >= 0.6 is 11.3 Å². The van der Waals surface area contributed by atoms with E-state index in [9.17, 15) is 4.79 Å². The van der Waals surface area contributed by atoms with E-state index in [2.05, 4.69) is 11.9 Å². The van der Waals surface area contributed by atoms with E-state index in [0.717, 1.165) is 17.9 Å². The molecule has 2 N–H and O–H groups in total. The third-order valence-corrected chi connectivity index (χ3v) is 3.28. The summed E-state index contributed by atoms with van der Waals surface area (Å²) in [5, 5.41) is 2.30. The summed E-state index contributed by atoms with van der Waals surface area (Å²) in [6, 6.07) is 7.20. The monoisotopic (exact) mass is 276 g/mol. The van der Waals surface area contributed by atoms with Crippen LogP contribution in [-0.2, 0) is 6.42 Å². The van der Waals surface area contributed by atoms with Gasteiger partial charge in [0.2, 0.25) is 0 Å². The van der Waals surface area contributed by atoms with E-state index < -0.39 is 0 Å². The number of hydrogen-bond donors (Lipinski definition) is 1. The first kappa shape index (κ1) is 13.5. The minimum absolute atomic E-state index is 0.0346. The number of nitrogens with two attached hydrogens (primary N) is 1. The van der Waals surface area contributed by atoms with E-state index in [0.29, 0.717) is 17.3 Å². The summed E-state index contributed by atoms with van der Waals surface area (Å²) in [5.41, 5.74) is 6.92. The highest BCUT2D eigenvalue weighted by Gasteiger charge is 2.09. The van der Waals surface area contributed by atoms with E-state index in [1.165, 1.54) is 11.3 Å². The maximum atomic E-state index is 12.0. The smallest absolute Gasteiger partial charge is 0.180 e. The summed E-state index contributed by atoms with van der Waals surface area (Å²) < 4.78 is 5.47. The largest absolute Gasteiger partial charge is 0.494 e. The number of ether oxygens (including phenoxy) is 1. The molecule has 0 saturated carbocycles. The molecule has 0 radical (unpaired) electrons. The molecule has 1 heterocycles. The highest BCUT2D eigenvalue weighted by Crippen LogP contribution is 2.16. The van der Waals surface area contributed by atoms with E-state index in [1.807, 2.05) is 17.5 Å². The summed E-state index contributed by atoms with van der Waals surface area (Å²) >= 11 is 1.35. The number of carbonyl (C=O) groups excluding carboxylic acids is 1. The Hall–Kier alpha value is -1.88. The molecule has 0 unspecified atom stereocenters. The lowest BCUT2D eigenvalue weighted by molar-refractivity contribution is 0.0992. The molecule has 5 heteroatoms. The molecule has 0 saturated heterocycles. The molecular weight excluding hydrogens is 260 g/mol. The van der Waals surface area contributed by atoms with Crippen molar-refractivity contribution in [1.29, 1.82) is 0 Å². The minimum atomic E-state index is 0.0346. The van der Waals surface area contributed by atoms with Crippen LogP contribution in [0.2, 0.25) is 0 Å². The SMILES string of the molecule is CCCOc1ccc(C(=O)Cc2csc(N)n2)cc1. The number of thiazole rings is 1. The number of aromatic nitrogens is 1. The lowest BCUT2D eigenvalue weighted by atomic mass is 10.1. The maximum Gasteiger partial charge on any atom is 0.180 e. The number of carbonyl (C=O) groups is 1. The number of nitrogens with zero attached hydrogens (tertiary/aromatic N) is 1. The molecule has 0 atom stereocenters. The van der Waals surface area contributed by atoms with Gasteiger partial charge >= 0.3 is 0 Å². The minimum Gasteiger partial charge on any atom is -0.494 e. The number of Topliss-reactive ketones (excluding diaryl/α,β-unsaturated/α-hetero) is 1. The fourth-order valence-electron chi connectivity index (χ4n) is 1.63. The van der Waals surface area contributed by atoms with Crippen LogP contribution in [0.15, 0.2) is 29.6 Å². The van der Waals surface area contributed by atoms with E-state index in [1.54, 1.807) is 12.1 Å². The summed E-state index contributed by atoms with van der Waals surface area (Å²) in [4.78, 5) is 16.1. The van der Waals surface area contributed by atoms with Crippen molar-refractivity contribution in [2.75, 3.05) is 12.3 Å². The first-order chi connectivity index (χ1) is 9.19. The Kier molecular flexibility index (Phi) is 4.52. The second-order valence-electron chi connectivity index (χ2n) is 4.15. The summed E-state index contributed by atoms with van der Waals surface area (Å²) in [6.45, 7) is 2.74. The van der Waals surface area contributed by atoms with Gasteiger partial charge in [0.25, 0.3) is 0 Å². The molecule has 0 aliphatic heterocycles. The molecule has 4 nitrogen and oxygen atoms in total. The van der Waals surface area contributed by atoms with Crippen molar-refractivity contribution in [3.05, 3.63) is 40.9 Å². The molecule has 1 aromatic carbocycles. The van der Waals surface area contributed by atoms with Crippen molar-refractivity contribution < 1.29 is 9.53 Å². The summed E-state index contributed by atoms with van der Waals surface area (Å²) in [6.07, 6.45) is 1.24. The standard InChI is InChI=1S/C14H16N2O2S/c1-2-7-18-12-5-3-10(4-6-12)13(17)8-11-9-19-14(15)16-11/h3-6,9H,2,7-8H2,1H3,(H2,15,16). The molecule has 0 fully saturated rings. The number of rotatable bonds is 6. The van der Waals surface area contributed by atoms with Crippen molar-refractivity contribution in [3.63, 3.8) is 0 Å². The van der Waals surface area contributed by atoms with Crippen LogP contribution in [0.25, 0.3) is 0 Å². The molecule has 100 valence electrons.